The summed E-state index contributed by atoms with van der Waals surface area (Å²) < 4.78 is 0. The molecular weight excluding hydrogens is 146 g/mol. The topological polar surface area (TPSA) is 5.90 Å². The Morgan fingerprint density at radius 2 is 1.08 bits per heavy atom. The smallest absolute Gasteiger partial charge is 0.141 e. The Hall–Kier alpha value is -0.0400. The van der Waals surface area contributed by atoms with E-state index in [2.05, 4.69) is 39.5 Å². The summed E-state index contributed by atoms with van der Waals surface area (Å²) in [5.74, 6) is 0. The minimum absolute atomic E-state index is 0.476. The van der Waals surface area contributed by atoms with Gasteiger partial charge in [-0.15, -0.1) is 0 Å². The second-order valence-corrected chi connectivity index (χ2v) is 3.46. The summed E-state index contributed by atoms with van der Waals surface area (Å²) in [7, 11) is 0. The minimum Gasteiger partial charge on any atom is -0.165 e. The van der Waals surface area contributed by atoms with Gasteiger partial charge in [-0.3, -0.25) is 0 Å². The zero-order valence-electron chi connectivity index (χ0n) is 9.48. The third kappa shape index (κ3) is 2.22. The van der Waals surface area contributed by atoms with Crippen LogP contribution >= 0.6 is 0 Å². The van der Waals surface area contributed by atoms with Gasteiger partial charge >= 0.3 is 0 Å². The lowest BCUT2D eigenvalue weighted by molar-refractivity contribution is 0.177. The fraction of sp³-hybridized carbons (Fsp3) is 1.00. The van der Waals surface area contributed by atoms with Crippen molar-refractivity contribution in [1.82, 2.24) is 4.90 Å². The SMILES string of the molecule is CC[N+](CC)C(CC)(CC)CC. The molecular formula is C11H25N+. The highest BCUT2D eigenvalue weighted by Gasteiger charge is 2.38. The van der Waals surface area contributed by atoms with E-state index >= 15 is 0 Å². The Balaban J connectivity index is 4.42. The van der Waals surface area contributed by atoms with E-state index in [4.69, 9.17) is 0 Å². The van der Waals surface area contributed by atoms with Crippen LogP contribution in [0.5, 0.6) is 0 Å². The molecule has 0 unspecified atom stereocenters. The van der Waals surface area contributed by atoms with Crippen LogP contribution in [0.25, 0.3) is 0 Å². The summed E-state index contributed by atoms with van der Waals surface area (Å²) in [6, 6.07) is 0. The first-order chi connectivity index (χ1) is 5.70. The van der Waals surface area contributed by atoms with Crippen LogP contribution in [-0.2, 0) is 0 Å². The molecule has 0 amide bonds. The molecule has 0 heterocycles. The normalized spacial score (nSPS) is 12.5. The predicted molar refractivity (Wildman–Crippen MR) is 56.8 cm³/mol. The van der Waals surface area contributed by atoms with Crippen molar-refractivity contribution in [1.29, 1.82) is 0 Å². The van der Waals surface area contributed by atoms with Crippen LogP contribution in [0.2, 0.25) is 0 Å². The molecule has 0 aliphatic rings. The van der Waals surface area contributed by atoms with Crippen LogP contribution in [0.15, 0.2) is 0 Å². The van der Waals surface area contributed by atoms with Crippen LogP contribution in [-0.4, -0.2) is 18.6 Å². The van der Waals surface area contributed by atoms with Crippen molar-refractivity contribution in [3.63, 3.8) is 0 Å². The van der Waals surface area contributed by atoms with Crippen LogP contribution < -0.4 is 4.90 Å². The van der Waals surface area contributed by atoms with E-state index in [1.807, 2.05) is 0 Å². The Morgan fingerprint density at radius 3 is 1.17 bits per heavy atom. The lowest BCUT2D eigenvalue weighted by Gasteiger charge is -2.32. The molecule has 0 rings (SSSR count). The third-order valence-electron chi connectivity index (χ3n) is 3.41. The molecule has 1 radical (unpaired) electrons. The van der Waals surface area contributed by atoms with Crippen LogP contribution in [0.4, 0.5) is 0 Å². The number of hydrogen-bond acceptors (Lipinski definition) is 1. The van der Waals surface area contributed by atoms with Crippen LogP contribution in [0.1, 0.15) is 53.9 Å². The number of nitrogens with zero attached hydrogens (tertiary/aromatic N) is 1. The first-order valence-corrected chi connectivity index (χ1v) is 5.45. The van der Waals surface area contributed by atoms with Crippen LogP contribution in [0.3, 0.4) is 0 Å². The van der Waals surface area contributed by atoms with Crippen LogP contribution in [0, 0.1) is 0 Å². The molecule has 73 valence electrons. The lowest BCUT2D eigenvalue weighted by atomic mass is 9.87. The molecule has 0 saturated carbocycles. The van der Waals surface area contributed by atoms with Crippen molar-refractivity contribution in [2.75, 3.05) is 13.1 Å². The molecule has 0 N–H and O–H groups in total. The molecule has 0 fully saturated rings. The first kappa shape index (κ1) is 12.0. The maximum Gasteiger partial charge on any atom is 0.141 e. The van der Waals surface area contributed by atoms with Gasteiger partial charge in [-0.1, -0.05) is 20.8 Å². The highest BCUT2D eigenvalue weighted by molar-refractivity contribution is 4.89. The van der Waals surface area contributed by atoms with Crippen molar-refractivity contribution in [3.8, 4) is 0 Å². The average Bonchev–Trinajstić information content (AvgIpc) is 2.14. The molecule has 0 atom stereocenters. The zero-order chi connectivity index (χ0) is 9.61. The third-order valence-corrected chi connectivity index (χ3v) is 3.41. The van der Waals surface area contributed by atoms with E-state index in [-0.39, 0.29) is 0 Å². The predicted octanol–water partition coefficient (Wildman–Crippen LogP) is 3.14. The highest BCUT2D eigenvalue weighted by Crippen LogP contribution is 2.24. The summed E-state index contributed by atoms with van der Waals surface area (Å²) in [5, 5.41) is 0. The van der Waals surface area contributed by atoms with Gasteiger partial charge < -0.3 is 0 Å². The van der Waals surface area contributed by atoms with Gasteiger partial charge in [0.1, 0.15) is 18.6 Å². The summed E-state index contributed by atoms with van der Waals surface area (Å²) in [5.41, 5.74) is 0.476. The molecule has 0 aromatic rings. The van der Waals surface area contributed by atoms with E-state index in [1.165, 1.54) is 32.4 Å². The van der Waals surface area contributed by atoms with E-state index < -0.39 is 0 Å². The van der Waals surface area contributed by atoms with E-state index in [9.17, 15) is 0 Å². The summed E-state index contributed by atoms with van der Waals surface area (Å²) >= 11 is 0. The van der Waals surface area contributed by atoms with Gasteiger partial charge in [-0.25, -0.2) is 0 Å². The summed E-state index contributed by atoms with van der Waals surface area (Å²) in [4.78, 5) is 2.60. The molecule has 0 bridgehead atoms. The summed E-state index contributed by atoms with van der Waals surface area (Å²) in [6.07, 6.45) is 3.84. The number of rotatable bonds is 6. The van der Waals surface area contributed by atoms with Gasteiger partial charge in [0.25, 0.3) is 0 Å². The second-order valence-electron chi connectivity index (χ2n) is 3.46. The van der Waals surface area contributed by atoms with E-state index in [1.54, 1.807) is 0 Å². The molecule has 0 saturated heterocycles. The number of hydrogen-bond donors (Lipinski definition) is 0. The largest absolute Gasteiger partial charge is 0.165 e. The Kier molecular flexibility index (Phi) is 5.56. The minimum atomic E-state index is 0.476. The average molecular weight is 171 g/mol. The quantitative estimate of drug-likeness (QED) is 0.542. The van der Waals surface area contributed by atoms with Crippen molar-refractivity contribution >= 4 is 0 Å². The van der Waals surface area contributed by atoms with E-state index in [0.29, 0.717) is 5.54 Å². The van der Waals surface area contributed by atoms with Gasteiger partial charge in [0.15, 0.2) is 0 Å². The maximum absolute atomic E-state index is 2.60. The van der Waals surface area contributed by atoms with Gasteiger partial charge in [0.05, 0.1) is 0 Å². The molecule has 0 aliphatic carbocycles. The molecule has 1 nitrogen and oxygen atoms in total. The Labute approximate surface area is 78.1 Å². The van der Waals surface area contributed by atoms with E-state index in [0.717, 1.165) is 0 Å². The maximum atomic E-state index is 2.60. The Morgan fingerprint density at radius 1 is 0.750 bits per heavy atom. The van der Waals surface area contributed by atoms with Crippen molar-refractivity contribution < 1.29 is 0 Å². The standard InChI is InChI=1S/C11H25N/c1-6-11(7-2,8-3)12(9-4)10-5/h6-10H2,1-5H3/q+1. The second kappa shape index (κ2) is 5.58. The van der Waals surface area contributed by atoms with Gasteiger partial charge in [-0.2, -0.15) is 4.90 Å². The van der Waals surface area contributed by atoms with Crippen molar-refractivity contribution in [2.24, 2.45) is 0 Å². The van der Waals surface area contributed by atoms with Crippen molar-refractivity contribution in [2.45, 2.75) is 59.4 Å². The fourth-order valence-electron chi connectivity index (χ4n) is 2.32. The molecule has 0 aromatic heterocycles. The molecule has 0 aliphatic heterocycles. The van der Waals surface area contributed by atoms with Crippen molar-refractivity contribution in [3.05, 3.63) is 0 Å². The van der Waals surface area contributed by atoms with Gasteiger partial charge in [0.2, 0.25) is 0 Å². The summed E-state index contributed by atoms with van der Waals surface area (Å²) in [6.45, 7) is 13.8. The first-order valence-electron chi connectivity index (χ1n) is 5.45. The van der Waals surface area contributed by atoms with Gasteiger partial charge in [-0.05, 0) is 13.8 Å². The Bertz CT molecular complexity index is 93.3. The highest BCUT2D eigenvalue weighted by atomic mass is 15.2. The molecule has 0 spiro atoms. The lowest BCUT2D eigenvalue weighted by Crippen LogP contribution is -2.51. The fourth-order valence-corrected chi connectivity index (χ4v) is 2.32. The molecule has 12 heavy (non-hydrogen) atoms. The molecule has 1 heteroatoms. The molecule has 0 aromatic carbocycles. The monoisotopic (exact) mass is 171 g/mol. The zero-order valence-corrected chi connectivity index (χ0v) is 9.48. The van der Waals surface area contributed by atoms with Gasteiger partial charge in [0, 0.05) is 19.3 Å².